The van der Waals surface area contributed by atoms with Crippen LogP contribution in [0.5, 0.6) is 0 Å². The predicted molar refractivity (Wildman–Crippen MR) is 138 cm³/mol. The summed E-state index contributed by atoms with van der Waals surface area (Å²) < 4.78 is 7.53. The summed E-state index contributed by atoms with van der Waals surface area (Å²) in [7, 11) is 0. The summed E-state index contributed by atoms with van der Waals surface area (Å²) in [6.07, 6.45) is 1.34. The minimum Gasteiger partial charge on any atom is -0.477 e. The lowest BCUT2D eigenvalue weighted by Gasteiger charge is -2.07. The molecule has 0 unspecified atom stereocenters. The normalized spacial score (nSPS) is 11.6. The van der Waals surface area contributed by atoms with Crippen LogP contribution < -0.4 is 0 Å². The van der Waals surface area contributed by atoms with Crippen LogP contribution in [0.2, 0.25) is 15.1 Å². The molecule has 0 aliphatic heterocycles. The number of aromatic nitrogens is 3. The zero-order chi connectivity index (χ0) is 26.0. The van der Waals surface area contributed by atoms with Gasteiger partial charge in [-0.15, -0.1) is 10.2 Å². The van der Waals surface area contributed by atoms with Crippen LogP contribution in [0.25, 0.3) is 28.8 Å². The van der Waals surface area contributed by atoms with Gasteiger partial charge in [0.2, 0.25) is 0 Å². The predicted octanol–water partition coefficient (Wildman–Crippen LogP) is 7.31. The van der Waals surface area contributed by atoms with E-state index in [9.17, 15) is 20.0 Å². The summed E-state index contributed by atoms with van der Waals surface area (Å²) in [5.41, 5.74) is 0.783. The van der Waals surface area contributed by atoms with E-state index in [-0.39, 0.29) is 32.2 Å². The van der Waals surface area contributed by atoms with Crippen molar-refractivity contribution in [3.05, 3.63) is 84.4 Å². The molecule has 184 valence electrons. The third-order valence-electron chi connectivity index (χ3n) is 4.95. The molecule has 1 N–H and O–H groups in total. The van der Waals surface area contributed by atoms with Gasteiger partial charge in [0, 0.05) is 34.8 Å². The van der Waals surface area contributed by atoms with Gasteiger partial charge in [-0.25, -0.2) is 4.79 Å². The monoisotopic (exact) mass is 564 g/mol. The number of carboxylic acid groups (broad SMARTS) is 1. The summed E-state index contributed by atoms with van der Waals surface area (Å²) in [4.78, 5) is 22.4. The summed E-state index contributed by atoms with van der Waals surface area (Å²) in [5.74, 6) is -0.125. The maximum absolute atomic E-state index is 12.0. The highest BCUT2D eigenvalue weighted by Crippen LogP contribution is 2.38. The van der Waals surface area contributed by atoms with E-state index in [0.29, 0.717) is 28.1 Å². The summed E-state index contributed by atoms with van der Waals surface area (Å²) in [6, 6.07) is 12.6. The second-order valence-corrected chi connectivity index (χ2v) is 9.48. The van der Waals surface area contributed by atoms with Gasteiger partial charge in [0.15, 0.2) is 11.0 Å². The fourth-order valence-electron chi connectivity index (χ4n) is 3.26. The zero-order valence-electron chi connectivity index (χ0n) is 18.3. The van der Waals surface area contributed by atoms with Gasteiger partial charge in [0.25, 0.3) is 5.69 Å². The molecule has 0 fully saturated rings. The van der Waals surface area contributed by atoms with E-state index in [0.717, 1.165) is 23.4 Å². The molecule has 4 aromatic rings. The van der Waals surface area contributed by atoms with E-state index in [2.05, 4.69) is 10.2 Å². The lowest BCUT2D eigenvalue weighted by molar-refractivity contribution is -0.384. The molecule has 0 spiro atoms. The number of thioether (sulfide) groups is 1. The molecule has 0 saturated heterocycles. The number of halogens is 3. The molecule has 0 aliphatic rings. The Morgan fingerprint density at radius 1 is 1.14 bits per heavy atom. The number of rotatable bonds is 8. The highest BCUT2D eigenvalue weighted by atomic mass is 35.5. The zero-order valence-corrected chi connectivity index (χ0v) is 21.4. The molecule has 0 bridgehead atoms. The largest absolute Gasteiger partial charge is 0.477 e. The summed E-state index contributed by atoms with van der Waals surface area (Å²) >= 11 is 19.1. The van der Waals surface area contributed by atoms with Crippen molar-refractivity contribution in [2.75, 3.05) is 0 Å². The molecule has 0 radical (unpaired) electrons. The number of hydrogen-bond donors (Lipinski definition) is 1. The van der Waals surface area contributed by atoms with Crippen molar-refractivity contribution in [3.63, 3.8) is 0 Å². The number of carbonyl (C=O) groups is 1. The molecule has 2 aromatic heterocycles. The van der Waals surface area contributed by atoms with Crippen LogP contribution in [-0.2, 0) is 11.3 Å². The van der Waals surface area contributed by atoms with Crippen molar-refractivity contribution in [1.29, 1.82) is 0 Å². The van der Waals surface area contributed by atoms with Gasteiger partial charge in [-0.1, -0.05) is 34.8 Å². The highest BCUT2D eigenvalue weighted by Gasteiger charge is 2.21. The third kappa shape index (κ3) is 5.41. The van der Waals surface area contributed by atoms with Crippen molar-refractivity contribution in [1.82, 2.24) is 14.8 Å². The molecule has 4 rings (SSSR count). The molecule has 2 heterocycles. The molecule has 36 heavy (non-hydrogen) atoms. The van der Waals surface area contributed by atoms with E-state index in [4.69, 9.17) is 39.2 Å². The van der Waals surface area contributed by atoms with Crippen molar-refractivity contribution < 1.29 is 19.2 Å². The first kappa shape index (κ1) is 25.8. The number of carboxylic acids is 1. The summed E-state index contributed by atoms with van der Waals surface area (Å²) in [6.45, 7) is 2.40. The number of benzene rings is 2. The molecule has 0 amide bonds. The standard InChI is InChI=1S/C23H15Cl3N4O5S/c1-2-29-21(12-3-5-13(24)6-4-12)27-28-23(29)36-20(22(31)32)9-14-7-8-19(35-14)15-10-17(26)18(30(33)34)11-16(15)25/h3-11H,2H2,1H3,(H,31,32)/b20-9-. The summed E-state index contributed by atoms with van der Waals surface area (Å²) in [5, 5.41) is 30.2. The number of aliphatic carboxylic acids is 1. The van der Waals surface area contributed by atoms with Gasteiger partial charge in [-0.05, 0) is 61.2 Å². The second kappa shape index (κ2) is 10.8. The van der Waals surface area contributed by atoms with Crippen LogP contribution in [0.3, 0.4) is 0 Å². The van der Waals surface area contributed by atoms with Crippen LogP contribution in [0.15, 0.2) is 63.0 Å². The number of hydrogen-bond acceptors (Lipinski definition) is 7. The third-order valence-corrected chi connectivity index (χ3v) is 6.81. The molecule has 0 atom stereocenters. The molecule has 0 saturated carbocycles. The van der Waals surface area contributed by atoms with E-state index in [1.165, 1.54) is 12.1 Å². The molecule has 0 aliphatic carbocycles. The minimum atomic E-state index is -1.19. The molecule has 2 aromatic carbocycles. The number of furan rings is 1. The van der Waals surface area contributed by atoms with Gasteiger partial charge >= 0.3 is 5.97 Å². The first-order chi connectivity index (χ1) is 17.2. The number of nitro benzene ring substituents is 1. The van der Waals surface area contributed by atoms with Crippen LogP contribution in [0.1, 0.15) is 12.7 Å². The lowest BCUT2D eigenvalue weighted by Crippen LogP contribution is -2.02. The van der Waals surface area contributed by atoms with Crippen molar-refractivity contribution in [2.45, 2.75) is 18.6 Å². The fraction of sp³-hybridized carbons (Fsp3) is 0.0870. The fourth-order valence-corrected chi connectivity index (χ4v) is 4.74. The average Bonchev–Trinajstić information content (AvgIpc) is 3.47. The highest BCUT2D eigenvalue weighted by molar-refractivity contribution is 8.04. The van der Waals surface area contributed by atoms with Crippen molar-refractivity contribution in [2.24, 2.45) is 0 Å². The van der Waals surface area contributed by atoms with Crippen LogP contribution in [0.4, 0.5) is 5.69 Å². The van der Waals surface area contributed by atoms with Crippen molar-refractivity contribution in [3.8, 4) is 22.7 Å². The van der Waals surface area contributed by atoms with Crippen LogP contribution >= 0.6 is 46.6 Å². The Labute approximate surface area is 223 Å². The molecule has 9 nitrogen and oxygen atoms in total. The van der Waals surface area contributed by atoms with Crippen LogP contribution in [0, 0.1) is 10.1 Å². The lowest BCUT2D eigenvalue weighted by atomic mass is 10.1. The van der Waals surface area contributed by atoms with Gasteiger partial charge in [-0.3, -0.25) is 10.1 Å². The topological polar surface area (TPSA) is 124 Å². The van der Waals surface area contributed by atoms with E-state index in [1.54, 1.807) is 41.0 Å². The number of nitrogens with zero attached hydrogens (tertiary/aromatic N) is 4. The van der Waals surface area contributed by atoms with Gasteiger partial charge < -0.3 is 14.1 Å². The van der Waals surface area contributed by atoms with E-state index in [1.807, 2.05) is 6.92 Å². The Morgan fingerprint density at radius 3 is 2.50 bits per heavy atom. The Hall–Kier alpha value is -3.31. The average molecular weight is 566 g/mol. The second-order valence-electron chi connectivity index (χ2n) is 7.22. The van der Waals surface area contributed by atoms with Crippen LogP contribution in [-0.4, -0.2) is 30.8 Å². The van der Waals surface area contributed by atoms with Gasteiger partial charge in [0.05, 0.1) is 9.95 Å². The smallest absolute Gasteiger partial charge is 0.342 e. The number of nitro groups is 1. The minimum absolute atomic E-state index is 0.0616. The van der Waals surface area contributed by atoms with E-state index < -0.39 is 10.9 Å². The molecule has 13 heteroatoms. The van der Waals surface area contributed by atoms with Gasteiger partial charge in [-0.2, -0.15) is 0 Å². The first-order valence-corrected chi connectivity index (χ1v) is 12.2. The van der Waals surface area contributed by atoms with E-state index >= 15 is 0 Å². The maximum Gasteiger partial charge on any atom is 0.342 e. The Balaban J connectivity index is 1.64. The van der Waals surface area contributed by atoms with Gasteiger partial charge in [0.1, 0.15) is 21.4 Å². The Morgan fingerprint density at radius 2 is 1.86 bits per heavy atom. The Kier molecular flexibility index (Phi) is 7.70. The van der Waals surface area contributed by atoms with Crippen molar-refractivity contribution >= 4 is 64.3 Å². The SMILES string of the molecule is CCn1c(S/C(=C\c2ccc(-c3cc(Cl)c([N+](=O)[O-])cc3Cl)o2)C(=O)O)nnc1-c1ccc(Cl)cc1. The first-order valence-electron chi connectivity index (χ1n) is 10.2. The molecular formula is C23H15Cl3N4O5S. The Bertz CT molecular complexity index is 1500. The molecular weight excluding hydrogens is 551 g/mol. The maximum atomic E-state index is 12.0. The quantitative estimate of drug-likeness (QED) is 0.102.